The molecule has 0 amide bonds. The summed E-state index contributed by atoms with van der Waals surface area (Å²) in [5, 5.41) is 15.1. The van der Waals surface area contributed by atoms with Crippen molar-refractivity contribution in [3.63, 3.8) is 0 Å². The molecule has 1 saturated heterocycles. The molecular weight excluding hydrogens is 617 g/mol. The van der Waals surface area contributed by atoms with Crippen LogP contribution < -0.4 is 5.73 Å². The number of esters is 2. The molecule has 2 N–H and O–H groups in total. The molecule has 1 fully saturated rings. The third-order valence-corrected chi connectivity index (χ3v) is 7.17. The van der Waals surface area contributed by atoms with E-state index in [2.05, 4.69) is 38.7 Å². The number of ether oxygens (including phenoxy) is 4. The minimum atomic E-state index is -1.81. The SMILES string of the molecule is CC(C)C(=O)OC[C@H]1O[C@@](C#N)(c2cc(I)c3c(N)ncnn23)[C@H](OCc2ccccc2)[C@@H]1OC(=O)C(C)C. The number of fused-ring (bicyclic) bond motifs is 1. The summed E-state index contributed by atoms with van der Waals surface area (Å²) in [4.78, 5) is 29.2. The van der Waals surface area contributed by atoms with Crippen molar-refractivity contribution in [1.82, 2.24) is 14.6 Å². The number of nitriles is 1. The zero-order valence-electron chi connectivity index (χ0n) is 22.0. The Morgan fingerprint density at radius 2 is 1.90 bits per heavy atom. The lowest BCUT2D eigenvalue weighted by Gasteiger charge is -2.29. The Morgan fingerprint density at radius 3 is 2.54 bits per heavy atom. The molecule has 4 atom stereocenters. The standard InChI is InChI=1S/C27H30IN5O6/c1-15(2)25(34)37-12-19-22(38-26(35)16(3)4)23(36-11-17-8-6-5-7-9-17)27(13-29,39-19)20-10-18(28)21-24(30)31-14-32-33(20)21/h5-10,14-16,19,22-23H,11-12H2,1-4H3,(H2,30,31,32)/t19-,22-,23-,27+/m1/s1. The number of nitrogens with zero attached hydrogens (tertiary/aromatic N) is 4. The normalized spacial score (nSPS) is 22.8. The fraction of sp³-hybridized carbons (Fsp3) is 0.444. The molecule has 12 heteroatoms. The summed E-state index contributed by atoms with van der Waals surface area (Å²) in [5.41, 5.74) is 5.98. The lowest BCUT2D eigenvalue weighted by Crippen LogP contribution is -2.45. The molecule has 1 aliphatic heterocycles. The van der Waals surface area contributed by atoms with Crippen LogP contribution in [0.5, 0.6) is 0 Å². The maximum Gasteiger partial charge on any atom is 0.308 e. The summed E-state index contributed by atoms with van der Waals surface area (Å²) in [6.45, 7) is 6.66. The molecule has 11 nitrogen and oxygen atoms in total. The van der Waals surface area contributed by atoms with E-state index >= 15 is 0 Å². The molecule has 0 bridgehead atoms. The van der Waals surface area contributed by atoms with Crippen molar-refractivity contribution in [2.45, 2.75) is 58.2 Å². The number of carbonyl (C=O) groups excluding carboxylic acids is 2. The molecule has 0 unspecified atom stereocenters. The maximum absolute atomic E-state index is 12.8. The molecule has 206 valence electrons. The molecular formula is C27H30IN5O6. The van der Waals surface area contributed by atoms with E-state index in [-0.39, 0.29) is 24.9 Å². The van der Waals surface area contributed by atoms with E-state index in [4.69, 9.17) is 24.7 Å². The first-order chi connectivity index (χ1) is 18.6. The predicted octanol–water partition coefficient (Wildman–Crippen LogP) is 3.39. The lowest BCUT2D eigenvalue weighted by molar-refractivity contribution is -0.165. The average molecular weight is 647 g/mol. The Kier molecular flexibility index (Phi) is 8.73. The smallest absolute Gasteiger partial charge is 0.308 e. The Bertz CT molecular complexity index is 1390. The molecule has 39 heavy (non-hydrogen) atoms. The molecule has 3 aromatic rings. The minimum absolute atomic E-state index is 0.101. The second kappa shape index (κ2) is 11.8. The van der Waals surface area contributed by atoms with Gasteiger partial charge in [-0.3, -0.25) is 9.59 Å². The van der Waals surface area contributed by atoms with Crippen molar-refractivity contribution >= 4 is 45.9 Å². The van der Waals surface area contributed by atoms with Gasteiger partial charge in [-0.1, -0.05) is 58.0 Å². The van der Waals surface area contributed by atoms with Crippen LogP contribution in [0.25, 0.3) is 5.52 Å². The predicted molar refractivity (Wildman–Crippen MR) is 148 cm³/mol. The molecule has 4 rings (SSSR count). The average Bonchev–Trinajstić information content (AvgIpc) is 3.42. The van der Waals surface area contributed by atoms with Crippen LogP contribution in [0.2, 0.25) is 0 Å². The molecule has 0 saturated carbocycles. The van der Waals surface area contributed by atoms with Crippen LogP contribution in [0.1, 0.15) is 39.0 Å². The quantitative estimate of drug-likeness (QED) is 0.270. The van der Waals surface area contributed by atoms with Gasteiger partial charge >= 0.3 is 11.9 Å². The molecule has 1 aliphatic rings. The lowest BCUT2D eigenvalue weighted by atomic mass is 9.92. The number of hydrogen-bond donors (Lipinski definition) is 1. The highest BCUT2D eigenvalue weighted by Gasteiger charge is 2.61. The van der Waals surface area contributed by atoms with Gasteiger partial charge in [-0.25, -0.2) is 9.50 Å². The maximum atomic E-state index is 12.8. The highest BCUT2D eigenvalue weighted by atomic mass is 127. The van der Waals surface area contributed by atoms with E-state index in [9.17, 15) is 14.9 Å². The zero-order chi connectivity index (χ0) is 28.3. The van der Waals surface area contributed by atoms with Crippen molar-refractivity contribution in [3.8, 4) is 6.07 Å². The second-order valence-corrected chi connectivity index (χ2v) is 11.0. The van der Waals surface area contributed by atoms with Crippen LogP contribution in [0.4, 0.5) is 5.82 Å². The molecule has 0 radical (unpaired) electrons. The van der Waals surface area contributed by atoms with E-state index in [1.54, 1.807) is 33.8 Å². The Labute approximate surface area is 239 Å². The van der Waals surface area contributed by atoms with Crippen molar-refractivity contribution < 1.29 is 28.5 Å². The first kappa shape index (κ1) is 28.7. The van der Waals surface area contributed by atoms with E-state index in [1.807, 2.05) is 30.3 Å². The minimum Gasteiger partial charge on any atom is -0.463 e. The number of aromatic nitrogens is 3. The number of nitrogen functional groups attached to an aromatic ring is 1. The van der Waals surface area contributed by atoms with Gasteiger partial charge < -0.3 is 24.7 Å². The number of carbonyl (C=O) groups is 2. The summed E-state index contributed by atoms with van der Waals surface area (Å²) >= 11 is 2.08. The number of benzene rings is 1. The van der Waals surface area contributed by atoms with Gasteiger partial charge in [0.1, 0.15) is 36.7 Å². The van der Waals surface area contributed by atoms with Gasteiger partial charge in [0.25, 0.3) is 0 Å². The van der Waals surface area contributed by atoms with E-state index in [0.29, 0.717) is 14.8 Å². The van der Waals surface area contributed by atoms with E-state index in [0.717, 1.165) is 5.56 Å². The third kappa shape index (κ3) is 5.70. The number of halogens is 1. The van der Waals surface area contributed by atoms with Crippen LogP contribution in [0.15, 0.2) is 42.7 Å². The monoisotopic (exact) mass is 647 g/mol. The van der Waals surface area contributed by atoms with Gasteiger partial charge in [-0.05, 0) is 34.2 Å². The zero-order valence-corrected chi connectivity index (χ0v) is 24.2. The Morgan fingerprint density at radius 1 is 1.21 bits per heavy atom. The van der Waals surface area contributed by atoms with Crippen molar-refractivity contribution in [2.75, 3.05) is 12.3 Å². The third-order valence-electron chi connectivity index (χ3n) is 6.34. The first-order valence-electron chi connectivity index (χ1n) is 12.5. The van der Waals surface area contributed by atoms with Gasteiger partial charge in [0.05, 0.1) is 24.1 Å². The van der Waals surface area contributed by atoms with Crippen LogP contribution in [0.3, 0.4) is 0 Å². The molecule has 1 aromatic carbocycles. The number of hydrogen-bond acceptors (Lipinski definition) is 10. The van der Waals surface area contributed by atoms with Crippen LogP contribution in [0, 0.1) is 26.7 Å². The van der Waals surface area contributed by atoms with E-state index < -0.39 is 41.8 Å². The summed E-state index contributed by atoms with van der Waals surface area (Å²) in [6, 6.07) is 13.4. The van der Waals surface area contributed by atoms with E-state index in [1.165, 1.54) is 10.8 Å². The van der Waals surface area contributed by atoms with Gasteiger partial charge in [0, 0.05) is 3.57 Å². The second-order valence-electron chi connectivity index (χ2n) is 9.85. The Balaban J connectivity index is 1.84. The summed E-state index contributed by atoms with van der Waals surface area (Å²) in [7, 11) is 0. The molecule has 0 spiro atoms. The fourth-order valence-electron chi connectivity index (χ4n) is 4.28. The summed E-state index contributed by atoms with van der Waals surface area (Å²) in [6.07, 6.45) is -1.91. The molecule has 0 aliphatic carbocycles. The fourth-order valence-corrected chi connectivity index (χ4v) is 5.08. The van der Waals surface area contributed by atoms with Crippen molar-refractivity contribution in [2.24, 2.45) is 11.8 Å². The van der Waals surface area contributed by atoms with Gasteiger partial charge in [0.15, 0.2) is 11.9 Å². The highest BCUT2D eigenvalue weighted by Crippen LogP contribution is 2.45. The highest BCUT2D eigenvalue weighted by molar-refractivity contribution is 14.1. The topological polar surface area (TPSA) is 151 Å². The van der Waals surface area contributed by atoms with Crippen molar-refractivity contribution in [3.05, 3.63) is 57.6 Å². The summed E-state index contributed by atoms with van der Waals surface area (Å²) < 4.78 is 26.3. The largest absolute Gasteiger partial charge is 0.463 e. The number of nitrogens with two attached hydrogens (primary N) is 1. The van der Waals surface area contributed by atoms with Crippen molar-refractivity contribution in [1.29, 1.82) is 5.26 Å². The molecule has 2 aromatic heterocycles. The first-order valence-corrected chi connectivity index (χ1v) is 13.6. The van der Waals surface area contributed by atoms with Crippen LogP contribution in [-0.2, 0) is 40.7 Å². The number of rotatable bonds is 9. The molecule has 3 heterocycles. The Hall–Kier alpha value is -3.28. The van der Waals surface area contributed by atoms with Gasteiger partial charge in [0.2, 0.25) is 5.60 Å². The number of anilines is 1. The van der Waals surface area contributed by atoms with Crippen LogP contribution >= 0.6 is 22.6 Å². The van der Waals surface area contributed by atoms with Crippen LogP contribution in [-0.4, -0.2) is 51.5 Å². The van der Waals surface area contributed by atoms with Gasteiger partial charge in [-0.15, -0.1) is 0 Å². The summed E-state index contributed by atoms with van der Waals surface area (Å²) in [5.74, 6) is -1.58. The van der Waals surface area contributed by atoms with Gasteiger partial charge in [-0.2, -0.15) is 10.4 Å².